The fourth-order valence-electron chi connectivity index (χ4n) is 2.22. The molecular weight excluding hydrogens is 240 g/mol. The lowest BCUT2D eigenvalue weighted by Gasteiger charge is -2.04. The molecule has 3 heteroatoms. The molecule has 3 nitrogen and oxygen atoms in total. The predicted octanol–water partition coefficient (Wildman–Crippen LogP) is 4.14. The molecule has 0 amide bonds. The van der Waals surface area contributed by atoms with Gasteiger partial charge in [-0.25, -0.2) is 4.79 Å². The lowest BCUT2D eigenvalue weighted by molar-refractivity contribution is -0.138. The van der Waals surface area contributed by atoms with Crippen LogP contribution in [0.4, 0.5) is 0 Å². The van der Waals surface area contributed by atoms with E-state index < -0.39 is 0 Å². The number of rotatable bonds is 8. The highest BCUT2D eigenvalue weighted by Crippen LogP contribution is 2.26. The molecule has 0 aromatic carbocycles. The van der Waals surface area contributed by atoms with Crippen LogP contribution in [-0.2, 0) is 14.3 Å². The fraction of sp³-hybridized carbons (Fsp3) is 0.688. The molecule has 0 aliphatic carbocycles. The first-order valence-electron chi connectivity index (χ1n) is 7.40. The summed E-state index contributed by atoms with van der Waals surface area (Å²) < 4.78 is 10.5. The minimum atomic E-state index is -0.255. The van der Waals surface area contributed by atoms with E-state index in [1.54, 1.807) is 0 Å². The van der Waals surface area contributed by atoms with Gasteiger partial charge >= 0.3 is 5.97 Å². The molecule has 0 saturated carbocycles. The van der Waals surface area contributed by atoms with E-state index in [9.17, 15) is 4.79 Å². The van der Waals surface area contributed by atoms with Crippen LogP contribution in [0, 0.1) is 0 Å². The highest BCUT2D eigenvalue weighted by atomic mass is 16.5. The number of allylic oxidation sites excluding steroid dienone is 2. The SMILES string of the molecule is CCCCCCCC=C1COC(C)=C1C(=O)OCC. The van der Waals surface area contributed by atoms with Gasteiger partial charge in [0.1, 0.15) is 17.9 Å². The van der Waals surface area contributed by atoms with E-state index in [4.69, 9.17) is 9.47 Å². The van der Waals surface area contributed by atoms with Gasteiger partial charge in [-0.1, -0.05) is 38.7 Å². The van der Waals surface area contributed by atoms with Crippen LogP contribution in [0.15, 0.2) is 23.0 Å². The molecule has 0 N–H and O–H groups in total. The first kappa shape index (κ1) is 15.8. The first-order chi connectivity index (χ1) is 9.20. The van der Waals surface area contributed by atoms with Crippen molar-refractivity contribution in [3.05, 3.63) is 23.0 Å². The largest absolute Gasteiger partial charge is 0.493 e. The van der Waals surface area contributed by atoms with Crippen LogP contribution in [0.25, 0.3) is 0 Å². The third kappa shape index (κ3) is 5.09. The number of hydrogen-bond acceptors (Lipinski definition) is 3. The van der Waals surface area contributed by atoms with Gasteiger partial charge in [0.05, 0.1) is 6.61 Å². The molecule has 0 bridgehead atoms. The van der Waals surface area contributed by atoms with Crippen LogP contribution in [0.3, 0.4) is 0 Å². The van der Waals surface area contributed by atoms with Crippen molar-refractivity contribution >= 4 is 5.97 Å². The van der Waals surface area contributed by atoms with Crippen molar-refractivity contribution in [3.8, 4) is 0 Å². The van der Waals surface area contributed by atoms with E-state index in [0.717, 1.165) is 12.0 Å². The Morgan fingerprint density at radius 2 is 2.00 bits per heavy atom. The highest BCUT2D eigenvalue weighted by molar-refractivity contribution is 5.94. The molecule has 1 heterocycles. The van der Waals surface area contributed by atoms with Gasteiger partial charge in [-0.15, -0.1) is 0 Å². The van der Waals surface area contributed by atoms with Gasteiger partial charge in [0.2, 0.25) is 0 Å². The number of esters is 1. The summed E-state index contributed by atoms with van der Waals surface area (Å²) in [6.07, 6.45) is 9.47. The number of hydrogen-bond donors (Lipinski definition) is 0. The monoisotopic (exact) mass is 266 g/mol. The Labute approximate surface area is 116 Å². The van der Waals surface area contributed by atoms with Crippen LogP contribution >= 0.6 is 0 Å². The Kier molecular flexibility index (Phi) is 7.31. The van der Waals surface area contributed by atoms with Crippen molar-refractivity contribution in [2.24, 2.45) is 0 Å². The lowest BCUT2D eigenvalue weighted by atomic mass is 10.0. The summed E-state index contributed by atoms with van der Waals surface area (Å²) in [6.45, 7) is 6.78. The molecular formula is C16H26O3. The van der Waals surface area contributed by atoms with Gasteiger partial charge in [-0.3, -0.25) is 0 Å². The normalized spacial score (nSPS) is 16.9. The summed E-state index contributed by atoms with van der Waals surface area (Å²) >= 11 is 0. The molecule has 108 valence electrons. The number of carbonyl (C=O) groups is 1. The molecule has 0 aromatic rings. The Balaban J connectivity index is 2.46. The van der Waals surface area contributed by atoms with Crippen molar-refractivity contribution in [3.63, 3.8) is 0 Å². The van der Waals surface area contributed by atoms with E-state index in [1.165, 1.54) is 32.1 Å². The summed E-state index contributed by atoms with van der Waals surface area (Å²) in [6, 6.07) is 0. The highest BCUT2D eigenvalue weighted by Gasteiger charge is 2.25. The molecule has 0 unspecified atom stereocenters. The number of unbranched alkanes of at least 4 members (excludes halogenated alkanes) is 5. The van der Waals surface area contributed by atoms with Crippen molar-refractivity contribution in [2.45, 2.75) is 59.3 Å². The van der Waals surface area contributed by atoms with Gasteiger partial charge in [-0.05, 0) is 26.7 Å². The Hall–Kier alpha value is -1.25. The van der Waals surface area contributed by atoms with Gasteiger partial charge in [0, 0.05) is 5.57 Å². The molecule has 1 aliphatic rings. The molecule has 0 radical (unpaired) electrons. The van der Waals surface area contributed by atoms with E-state index >= 15 is 0 Å². The van der Waals surface area contributed by atoms with Crippen LogP contribution in [0.2, 0.25) is 0 Å². The summed E-state index contributed by atoms with van der Waals surface area (Å²) in [5, 5.41) is 0. The topological polar surface area (TPSA) is 35.5 Å². The third-order valence-corrected chi connectivity index (χ3v) is 3.30. The molecule has 0 spiro atoms. The molecule has 0 atom stereocenters. The zero-order valence-electron chi connectivity index (χ0n) is 12.5. The van der Waals surface area contributed by atoms with Crippen molar-refractivity contribution in [2.75, 3.05) is 13.2 Å². The molecule has 0 aromatic heterocycles. The summed E-state index contributed by atoms with van der Waals surface area (Å²) in [5.74, 6) is 0.436. The second kappa shape index (κ2) is 8.78. The standard InChI is InChI=1S/C16H26O3/c1-4-6-7-8-9-10-11-14-12-19-13(3)15(14)16(17)18-5-2/h11H,4-10,12H2,1-3H3. The number of ether oxygens (including phenoxy) is 2. The third-order valence-electron chi connectivity index (χ3n) is 3.30. The molecule has 1 aliphatic heterocycles. The maximum absolute atomic E-state index is 11.8. The molecule has 1 rings (SSSR count). The lowest BCUT2D eigenvalue weighted by Crippen LogP contribution is -2.09. The minimum absolute atomic E-state index is 0.255. The molecule has 0 saturated heterocycles. The van der Waals surface area contributed by atoms with Crippen molar-refractivity contribution in [1.82, 2.24) is 0 Å². The quantitative estimate of drug-likeness (QED) is 0.489. The number of carbonyl (C=O) groups excluding carboxylic acids is 1. The van der Waals surface area contributed by atoms with Gasteiger partial charge < -0.3 is 9.47 Å². The van der Waals surface area contributed by atoms with Crippen molar-refractivity contribution < 1.29 is 14.3 Å². The van der Waals surface area contributed by atoms with Crippen LogP contribution in [0.1, 0.15) is 59.3 Å². The van der Waals surface area contributed by atoms with E-state index in [0.29, 0.717) is 24.5 Å². The van der Waals surface area contributed by atoms with Gasteiger partial charge in [0.25, 0.3) is 0 Å². The zero-order valence-corrected chi connectivity index (χ0v) is 12.5. The maximum atomic E-state index is 11.8. The van der Waals surface area contributed by atoms with Crippen LogP contribution in [0.5, 0.6) is 0 Å². The van der Waals surface area contributed by atoms with Crippen LogP contribution < -0.4 is 0 Å². The zero-order chi connectivity index (χ0) is 14.1. The summed E-state index contributed by atoms with van der Waals surface area (Å²) in [5.41, 5.74) is 1.63. The first-order valence-corrected chi connectivity index (χ1v) is 7.40. The Morgan fingerprint density at radius 3 is 2.68 bits per heavy atom. The molecule has 0 fully saturated rings. The Bertz CT molecular complexity index is 353. The average Bonchev–Trinajstić information content (AvgIpc) is 2.75. The van der Waals surface area contributed by atoms with Gasteiger partial charge in [0.15, 0.2) is 0 Å². The summed E-state index contributed by atoms with van der Waals surface area (Å²) in [4.78, 5) is 11.8. The van der Waals surface area contributed by atoms with Gasteiger partial charge in [-0.2, -0.15) is 0 Å². The minimum Gasteiger partial charge on any atom is -0.493 e. The average molecular weight is 266 g/mol. The van der Waals surface area contributed by atoms with Crippen LogP contribution in [-0.4, -0.2) is 19.2 Å². The van der Waals surface area contributed by atoms with E-state index in [2.05, 4.69) is 13.0 Å². The second-order valence-corrected chi connectivity index (χ2v) is 4.87. The second-order valence-electron chi connectivity index (χ2n) is 4.87. The summed E-state index contributed by atoms with van der Waals surface area (Å²) in [7, 11) is 0. The molecule has 19 heavy (non-hydrogen) atoms. The predicted molar refractivity (Wildman–Crippen MR) is 76.7 cm³/mol. The van der Waals surface area contributed by atoms with E-state index in [-0.39, 0.29) is 5.97 Å². The van der Waals surface area contributed by atoms with E-state index in [1.807, 2.05) is 13.8 Å². The maximum Gasteiger partial charge on any atom is 0.341 e. The fourth-order valence-corrected chi connectivity index (χ4v) is 2.22. The Morgan fingerprint density at radius 1 is 1.26 bits per heavy atom. The van der Waals surface area contributed by atoms with Crippen molar-refractivity contribution in [1.29, 1.82) is 0 Å². The smallest absolute Gasteiger partial charge is 0.341 e.